The molecule has 1 fully saturated rings. The maximum absolute atomic E-state index is 13.3. The van der Waals surface area contributed by atoms with Crippen LogP contribution in [0.15, 0.2) is 54.6 Å². The van der Waals surface area contributed by atoms with Gasteiger partial charge in [-0.3, -0.25) is 14.4 Å². The highest BCUT2D eigenvalue weighted by molar-refractivity contribution is 6.25. The van der Waals surface area contributed by atoms with Gasteiger partial charge in [-0.2, -0.15) is 0 Å². The van der Waals surface area contributed by atoms with Crippen LogP contribution >= 0.6 is 0 Å². The van der Waals surface area contributed by atoms with Crippen molar-refractivity contribution in [2.45, 2.75) is 40.0 Å². The second kappa shape index (κ2) is 8.50. The van der Waals surface area contributed by atoms with Crippen molar-refractivity contribution in [1.82, 2.24) is 0 Å². The lowest BCUT2D eigenvalue weighted by Crippen LogP contribution is -2.33. The maximum Gasteiger partial charge on any atom is 0.257 e. The Hall–Kier alpha value is -3.21. The first kappa shape index (κ1) is 21.0. The number of anilines is 2. The van der Waals surface area contributed by atoms with Gasteiger partial charge >= 0.3 is 0 Å². The van der Waals surface area contributed by atoms with Gasteiger partial charge in [-0.05, 0) is 48.4 Å². The summed E-state index contributed by atoms with van der Waals surface area (Å²) in [6.45, 7) is 6.07. The van der Waals surface area contributed by atoms with E-state index in [-0.39, 0.29) is 35.5 Å². The summed E-state index contributed by atoms with van der Waals surface area (Å²) < 4.78 is 0. The number of aryl methyl sites for hydroxylation is 2. The lowest BCUT2D eigenvalue weighted by atomic mass is 9.78. The first-order valence-electron chi connectivity index (χ1n) is 11.0. The predicted octanol–water partition coefficient (Wildman–Crippen LogP) is 4.77. The van der Waals surface area contributed by atoms with Crippen LogP contribution in [0.1, 0.15) is 48.7 Å². The van der Waals surface area contributed by atoms with Crippen molar-refractivity contribution in [2.75, 3.05) is 10.2 Å². The molecule has 0 saturated carbocycles. The molecule has 2 aromatic rings. The average molecular weight is 417 g/mol. The number of fused-ring (bicyclic) bond motifs is 1. The number of hydrogen-bond acceptors (Lipinski definition) is 3. The summed E-state index contributed by atoms with van der Waals surface area (Å²) in [6.07, 6.45) is 6.13. The van der Waals surface area contributed by atoms with Crippen molar-refractivity contribution >= 4 is 29.1 Å². The van der Waals surface area contributed by atoms with Gasteiger partial charge < -0.3 is 5.32 Å². The van der Waals surface area contributed by atoms with E-state index in [4.69, 9.17) is 0 Å². The fourth-order valence-corrected chi connectivity index (χ4v) is 4.83. The number of rotatable bonds is 5. The van der Waals surface area contributed by atoms with Gasteiger partial charge in [0.05, 0.1) is 23.1 Å². The number of nitrogens with zero attached hydrogens (tertiary/aromatic N) is 1. The molecule has 3 amide bonds. The van der Waals surface area contributed by atoms with Crippen LogP contribution in [0, 0.1) is 17.8 Å². The van der Waals surface area contributed by atoms with Gasteiger partial charge in [0.1, 0.15) is 0 Å². The minimum atomic E-state index is -0.360. The summed E-state index contributed by atoms with van der Waals surface area (Å²) in [5.74, 6) is -1.44. The molecule has 31 heavy (non-hydrogen) atoms. The Morgan fingerprint density at radius 3 is 2.32 bits per heavy atom. The van der Waals surface area contributed by atoms with E-state index in [0.717, 1.165) is 29.7 Å². The molecular formula is C26H28N2O3. The molecule has 1 heterocycles. The van der Waals surface area contributed by atoms with Crippen molar-refractivity contribution in [3.8, 4) is 0 Å². The molecule has 2 aromatic carbocycles. The van der Waals surface area contributed by atoms with Gasteiger partial charge in [0.25, 0.3) is 5.91 Å². The standard InChI is InChI=1S/C26H28N2O3/c1-4-17-11-9-12-18(5-2)23(17)27-24(29)19-13-6-7-15-21(19)28-25(30)20-14-8-10-16(3)22(20)26(28)31/h6-13,15-16,20,22H,4-5,14H2,1-3H3,(H,27,29)/t16-,20-,22-/m1/s1. The molecule has 1 saturated heterocycles. The van der Waals surface area contributed by atoms with Crippen LogP contribution in [0.2, 0.25) is 0 Å². The van der Waals surface area contributed by atoms with Crippen LogP contribution in [-0.2, 0) is 22.4 Å². The number of imide groups is 1. The number of allylic oxidation sites excluding steroid dienone is 2. The van der Waals surface area contributed by atoms with E-state index in [1.165, 1.54) is 4.90 Å². The van der Waals surface area contributed by atoms with Crippen molar-refractivity contribution in [2.24, 2.45) is 17.8 Å². The highest BCUT2D eigenvalue weighted by atomic mass is 16.2. The van der Waals surface area contributed by atoms with E-state index < -0.39 is 0 Å². The fourth-order valence-electron chi connectivity index (χ4n) is 4.83. The third-order valence-corrected chi connectivity index (χ3v) is 6.50. The number of hydrogen-bond donors (Lipinski definition) is 1. The SMILES string of the molecule is CCc1cccc(CC)c1NC(=O)c1ccccc1N1C(=O)[C@@H]2[C@H](C)C=CC[C@H]2C1=O. The summed E-state index contributed by atoms with van der Waals surface area (Å²) in [5.41, 5.74) is 3.63. The Balaban J connectivity index is 1.70. The molecule has 0 bridgehead atoms. The Labute approximate surface area is 183 Å². The Kier molecular flexibility index (Phi) is 5.77. The van der Waals surface area contributed by atoms with Crippen molar-refractivity contribution in [1.29, 1.82) is 0 Å². The molecule has 4 rings (SSSR count). The molecule has 0 spiro atoms. The van der Waals surface area contributed by atoms with Gasteiger partial charge in [0.2, 0.25) is 11.8 Å². The van der Waals surface area contributed by atoms with Crippen LogP contribution < -0.4 is 10.2 Å². The van der Waals surface area contributed by atoms with Crippen molar-refractivity contribution < 1.29 is 14.4 Å². The third-order valence-electron chi connectivity index (χ3n) is 6.50. The number of para-hydroxylation sites is 2. The molecule has 160 valence electrons. The molecular weight excluding hydrogens is 388 g/mol. The number of carbonyl (C=O) groups is 3. The highest BCUT2D eigenvalue weighted by Crippen LogP contribution is 2.41. The van der Waals surface area contributed by atoms with Crippen molar-refractivity contribution in [3.05, 3.63) is 71.3 Å². The summed E-state index contributed by atoms with van der Waals surface area (Å²) >= 11 is 0. The largest absolute Gasteiger partial charge is 0.321 e. The zero-order chi connectivity index (χ0) is 22.1. The maximum atomic E-state index is 13.3. The molecule has 1 N–H and O–H groups in total. The minimum absolute atomic E-state index is 0.00438. The monoisotopic (exact) mass is 416 g/mol. The summed E-state index contributed by atoms with van der Waals surface area (Å²) in [4.78, 5) is 41.0. The third kappa shape index (κ3) is 3.58. The number of benzene rings is 2. The second-order valence-electron chi connectivity index (χ2n) is 8.30. The van der Waals surface area contributed by atoms with Crippen LogP contribution in [0.3, 0.4) is 0 Å². The van der Waals surface area contributed by atoms with Gasteiger partial charge in [-0.15, -0.1) is 0 Å². The summed E-state index contributed by atoms with van der Waals surface area (Å²) in [5, 5.41) is 3.06. The Morgan fingerprint density at radius 2 is 1.68 bits per heavy atom. The molecule has 5 heteroatoms. The summed E-state index contributed by atoms with van der Waals surface area (Å²) in [6, 6.07) is 12.9. The zero-order valence-corrected chi connectivity index (χ0v) is 18.2. The minimum Gasteiger partial charge on any atom is -0.321 e. The number of amides is 3. The molecule has 3 atom stereocenters. The molecule has 0 radical (unpaired) electrons. The van der Waals surface area contributed by atoms with Crippen LogP contribution in [0.4, 0.5) is 11.4 Å². The Bertz CT molecular complexity index is 1050. The smallest absolute Gasteiger partial charge is 0.257 e. The van der Waals surface area contributed by atoms with E-state index >= 15 is 0 Å². The van der Waals surface area contributed by atoms with Crippen LogP contribution in [-0.4, -0.2) is 17.7 Å². The van der Waals surface area contributed by atoms with Crippen LogP contribution in [0.5, 0.6) is 0 Å². The number of carbonyl (C=O) groups excluding carboxylic acids is 3. The van der Waals surface area contributed by atoms with Crippen molar-refractivity contribution in [3.63, 3.8) is 0 Å². The molecule has 2 aliphatic rings. The van der Waals surface area contributed by atoms with Crippen LogP contribution in [0.25, 0.3) is 0 Å². The van der Waals surface area contributed by atoms with E-state index in [2.05, 4.69) is 19.2 Å². The summed E-state index contributed by atoms with van der Waals surface area (Å²) in [7, 11) is 0. The predicted molar refractivity (Wildman–Crippen MR) is 122 cm³/mol. The van der Waals surface area contributed by atoms with E-state index in [1.807, 2.05) is 37.3 Å². The molecule has 0 aromatic heterocycles. The molecule has 0 unspecified atom stereocenters. The second-order valence-corrected chi connectivity index (χ2v) is 8.30. The highest BCUT2D eigenvalue weighted by Gasteiger charge is 2.51. The van der Waals surface area contributed by atoms with Gasteiger partial charge in [-0.25, -0.2) is 4.90 Å². The normalized spacial score (nSPS) is 22.5. The zero-order valence-electron chi connectivity index (χ0n) is 18.2. The molecule has 1 aliphatic heterocycles. The van der Waals surface area contributed by atoms with Gasteiger partial charge in [0, 0.05) is 5.69 Å². The number of nitrogens with one attached hydrogen (secondary N) is 1. The molecule has 5 nitrogen and oxygen atoms in total. The lowest BCUT2D eigenvalue weighted by molar-refractivity contribution is -0.122. The van der Waals surface area contributed by atoms with E-state index in [0.29, 0.717) is 17.7 Å². The lowest BCUT2D eigenvalue weighted by Gasteiger charge is -2.22. The molecule has 1 aliphatic carbocycles. The quantitative estimate of drug-likeness (QED) is 0.564. The average Bonchev–Trinajstić information content (AvgIpc) is 3.04. The van der Waals surface area contributed by atoms with Gasteiger partial charge in [0.15, 0.2) is 0 Å². The Morgan fingerprint density at radius 1 is 1.00 bits per heavy atom. The topological polar surface area (TPSA) is 66.5 Å². The first-order chi connectivity index (χ1) is 15.0. The first-order valence-corrected chi connectivity index (χ1v) is 11.0. The van der Waals surface area contributed by atoms with E-state index in [1.54, 1.807) is 24.3 Å². The van der Waals surface area contributed by atoms with Gasteiger partial charge in [-0.1, -0.05) is 63.3 Å². The fraction of sp³-hybridized carbons (Fsp3) is 0.346. The van der Waals surface area contributed by atoms with E-state index in [9.17, 15) is 14.4 Å².